The van der Waals surface area contributed by atoms with Gasteiger partial charge < -0.3 is 10.8 Å². The molecule has 0 radical (unpaired) electrons. The second-order valence-electron chi connectivity index (χ2n) is 4.45. The molecule has 3 N–H and O–H groups in total. The molecule has 1 atom stereocenters. The number of carboxylic acid groups (broad SMARTS) is 1. The first-order chi connectivity index (χ1) is 10.6. The highest BCUT2D eigenvalue weighted by Gasteiger charge is 2.38. The minimum absolute atomic E-state index is 0.196. The van der Waals surface area contributed by atoms with Crippen LogP contribution in [0.5, 0.6) is 0 Å². The lowest BCUT2D eigenvalue weighted by molar-refractivity contribution is -0.192. The zero-order valence-electron chi connectivity index (χ0n) is 12.7. The molecule has 0 heterocycles. The summed E-state index contributed by atoms with van der Waals surface area (Å²) < 4.78 is 31.7. The Kier molecular flexibility index (Phi) is 8.89. The Morgan fingerprint density at radius 2 is 1.78 bits per heavy atom. The summed E-state index contributed by atoms with van der Waals surface area (Å²) in [5.74, 6) is -2.95. The van der Waals surface area contributed by atoms with Crippen LogP contribution in [0.3, 0.4) is 0 Å². The second kappa shape index (κ2) is 9.80. The van der Waals surface area contributed by atoms with Crippen molar-refractivity contribution >= 4 is 11.9 Å². The van der Waals surface area contributed by atoms with E-state index in [1.807, 2.05) is 30.3 Å². The van der Waals surface area contributed by atoms with Crippen molar-refractivity contribution in [2.75, 3.05) is 14.2 Å². The Labute approximate surface area is 131 Å². The predicted molar refractivity (Wildman–Crippen MR) is 76.2 cm³/mol. The van der Waals surface area contributed by atoms with E-state index in [1.54, 1.807) is 7.05 Å². The molecule has 6 nitrogen and oxygen atoms in total. The van der Waals surface area contributed by atoms with Crippen LogP contribution in [-0.4, -0.2) is 48.4 Å². The molecule has 0 bridgehead atoms. The average molecular weight is 336 g/mol. The number of aryl methyl sites for hydroxylation is 1. The lowest BCUT2D eigenvalue weighted by Gasteiger charge is -2.18. The number of nitrogens with zero attached hydrogens (tertiary/aromatic N) is 1. The molecule has 1 aromatic carbocycles. The van der Waals surface area contributed by atoms with Gasteiger partial charge in [-0.3, -0.25) is 9.63 Å². The Morgan fingerprint density at radius 1 is 1.30 bits per heavy atom. The molecule has 0 aliphatic carbocycles. The summed E-state index contributed by atoms with van der Waals surface area (Å²) in [7, 11) is 3.01. The van der Waals surface area contributed by atoms with E-state index in [0.29, 0.717) is 6.42 Å². The number of hydroxylamine groups is 2. The van der Waals surface area contributed by atoms with Gasteiger partial charge in [-0.05, 0) is 18.4 Å². The second-order valence-corrected chi connectivity index (χ2v) is 4.45. The van der Waals surface area contributed by atoms with Crippen molar-refractivity contribution in [3.8, 4) is 0 Å². The molecule has 0 aromatic heterocycles. The van der Waals surface area contributed by atoms with Crippen molar-refractivity contribution in [3.05, 3.63) is 35.9 Å². The van der Waals surface area contributed by atoms with Crippen LogP contribution in [0.25, 0.3) is 0 Å². The number of aliphatic carboxylic acids is 1. The number of carbonyl (C=O) groups is 2. The molecule has 0 aliphatic rings. The van der Waals surface area contributed by atoms with E-state index < -0.39 is 18.2 Å². The fraction of sp³-hybridized carbons (Fsp3) is 0.429. The quantitative estimate of drug-likeness (QED) is 0.797. The monoisotopic (exact) mass is 336 g/mol. The van der Waals surface area contributed by atoms with Gasteiger partial charge in [-0.25, -0.2) is 9.86 Å². The van der Waals surface area contributed by atoms with E-state index >= 15 is 0 Å². The van der Waals surface area contributed by atoms with Gasteiger partial charge >= 0.3 is 12.1 Å². The van der Waals surface area contributed by atoms with Crippen LogP contribution >= 0.6 is 0 Å². The highest BCUT2D eigenvalue weighted by Crippen LogP contribution is 2.13. The molecular weight excluding hydrogens is 317 g/mol. The molecule has 0 saturated carbocycles. The van der Waals surface area contributed by atoms with Crippen molar-refractivity contribution in [1.29, 1.82) is 0 Å². The number of hydrogen-bond acceptors (Lipinski definition) is 4. The summed E-state index contributed by atoms with van der Waals surface area (Å²) in [6.45, 7) is 0. The van der Waals surface area contributed by atoms with Crippen LogP contribution in [0.4, 0.5) is 13.2 Å². The van der Waals surface area contributed by atoms with Crippen molar-refractivity contribution in [2.24, 2.45) is 5.73 Å². The normalized spacial score (nSPS) is 11.9. The lowest BCUT2D eigenvalue weighted by Crippen LogP contribution is -2.41. The fourth-order valence-electron chi connectivity index (χ4n) is 1.41. The van der Waals surface area contributed by atoms with E-state index in [-0.39, 0.29) is 5.91 Å². The van der Waals surface area contributed by atoms with E-state index in [9.17, 15) is 18.0 Å². The van der Waals surface area contributed by atoms with Crippen LogP contribution in [0.1, 0.15) is 12.0 Å². The number of likely N-dealkylation sites (N-methyl/N-ethyl adjacent to an activating group) is 1. The minimum atomic E-state index is -5.08. The van der Waals surface area contributed by atoms with Crippen LogP contribution in [-0.2, 0) is 20.8 Å². The first-order valence-corrected chi connectivity index (χ1v) is 6.50. The Hall–Kier alpha value is -2.13. The topological polar surface area (TPSA) is 92.9 Å². The molecule has 23 heavy (non-hydrogen) atoms. The summed E-state index contributed by atoms with van der Waals surface area (Å²) in [5.41, 5.74) is 6.96. The SMILES string of the molecule is CON(C)C(=O)C(N)CCc1ccccc1.O=C(O)C(F)(F)F. The largest absolute Gasteiger partial charge is 0.490 e. The summed E-state index contributed by atoms with van der Waals surface area (Å²) >= 11 is 0. The number of alkyl halides is 3. The molecular formula is C14H19F3N2O4. The third-order valence-electron chi connectivity index (χ3n) is 2.73. The Morgan fingerprint density at radius 3 is 2.17 bits per heavy atom. The van der Waals surface area contributed by atoms with Crippen LogP contribution in [0.2, 0.25) is 0 Å². The molecule has 1 rings (SSSR count). The third kappa shape index (κ3) is 8.79. The lowest BCUT2D eigenvalue weighted by atomic mass is 10.1. The van der Waals surface area contributed by atoms with E-state index in [2.05, 4.69) is 0 Å². The molecule has 1 amide bonds. The minimum Gasteiger partial charge on any atom is -0.475 e. The first-order valence-electron chi connectivity index (χ1n) is 6.50. The maximum absolute atomic E-state index is 11.6. The van der Waals surface area contributed by atoms with Gasteiger partial charge in [0, 0.05) is 7.05 Å². The van der Waals surface area contributed by atoms with Gasteiger partial charge in [0.25, 0.3) is 5.91 Å². The van der Waals surface area contributed by atoms with Crippen molar-refractivity contribution in [2.45, 2.75) is 25.1 Å². The van der Waals surface area contributed by atoms with Crippen molar-refractivity contribution in [1.82, 2.24) is 5.06 Å². The summed E-state index contributed by atoms with van der Waals surface area (Å²) in [6.07, 6.45) is -3.66. The fourth-order valence-corrected chi connectivity index (χ4v) is 1.41. The number of halogens is 3. The molecule has 9 heteroatoms. The van der Waals surface area contributed by atoms with Crippen LogP contribution < -0.4 is 5.73 Å². The molecule has 0 fully saturated rings. The number of carbonyl (C=O) groups excluding carboxylic acids is 1. The molecule has 130 valence electrons. The number of benzene rings is 1. The van der Waals surface area contributed by atoms with Crippen LogP contribution in [0, 0.1) is 0 Å². The highest BCUT2D eigenvalue weighted by atomic mass is 19.4. The number of rotatable bonds is 5. The number of amides is 1. The average Bonchev–Trinajstić information content (AvgIpc) is 2.51. The van der Waals surface area contributed by atoms with Crippen molar-refractivity contribution in [3.63, 3.8) is 0 Å². The third-order valence-corrected chi connectivity index (χ3v) is 2.73. The predicted octanol–water partition coefficient (Wildman–Crippen LogP) is 1.60. The van der Waals surface area contributed by atoms with Gasteiger partial charge in [0.2, 0.25) is 0 Å². The summed E-state index contributed by atoms with van der Waals surface area (Å²) in [4.78, 5) is 25.3. The molecule has 1 unspecified atom stereocenters. The molecule has 1 aromatic rings. The highest BCUT2D eigenvalue weighted by molar-refractivity contribution is 5.80. The Bertz CT molecular complexity index is 495. The van der Waals surface area contributed by atoms with Gasteiger partial charge in [0.05, 0.1) is 13.2 Å². The van der Waals surface area contributed by atoms with Gasteiger partial charge in [-0.15, -0.1) is 0 Å². The molecule has 0 aliphatic heterocycles. The number of nitrogens with two attached hydrogens (primary N) is 1. The zero-order valence-corrected chi connectivity index (χ0v) is 12.7. The number of carboxylic acids is 1. The maximum atomic E-state index is 11.6. The Balaban J connectivity index is 0.000000585. The standard InChI is InChI=1S/C12H18N2O2.C2HF3O2/c1-14(16-2)12(15)11(13)9-8-10-6-4-3-5-7-10;3-2(4,5)1(6)7/h3-7,11H,8-9,13H2,1-2H3;(H,6,7). The van der Waals surface area contributed by atoms with E-state index in [1.165, 1.54) is 12.7 Å². The van der Waals surface area contributed by atoms with Crippen LogP contribution in [0.15, 0.2) is 30.3 Å². The van der Waals surface area contributed by atoms with Gasteiger partial charge in [-0.1, -0.05) is 30.3 Å². The van der Waals surface area contributed by atoms with Gasteiger partial charge in [-0.2, -0.15) is 13.2 Å². The van der Waals surface area contributed by atoms with Gasteiger partial charge in [0.1, 0.15) is 0 Å². The van der Waals surface area contributed by atoms with Crippen molar-refractivity contribution < 1.29 is 32.7 Å². The number of hydrogen-bond donors (Lipinski definition) is 2. The van der Waals surface area contributed by atoms with E-state index in [4.69, 9.17) is 20.5 Å². The molecule has 0 saturated heterocycles. The maximum Gasteiger partial charge on any atom is 0.490 e. The first kappa shape index (κ1) is 20.9. The van der Waals surface area contributed by atoms with Gasteiger partial charge in [0.15, 0.2) is 0 Å². The van der Waals surface area contributed by atoms with E-state index in [0.717, 1.165) is 11.5 Å². The molecule has 0 spiro atoms. The summed E-state index contributed by atoms with van der Waals surface area (Å²) in [6, 6.07) is 9.46. The summed E-state index contributed by atoms with van der Waals surface area (Å²) in [5, 5.41) is 8.29. The zero-order chi connectivity index (χ0) is 18.0. The smallest absolute Gasteiger partial charge is 0.475 e.